The summed E-state index contributed by atoms with van der Waals surface area (Å²) in [5, 5.41) is 7.68. The maximum atomic E-state index is 12.5. The molecule has 0 spiro atoms. The van der Waals surface area contributed by atoms with E-state index in [1.54, 1.807) is 32.5 Å². The van der Waals surface area contributed by atoms with Crippen LogP contribution in [0.1, 0.15) is 40.6 Å². The smallest absolute Gasteiger partial charge is 0.270 e. The molecule has 0 unspecified atom stereocenters. The molecule has 0 aromatic carbocycles. The summed E-state index contributed by atoms with van der Waals surface area (Å²) < 4.78 is 12.1. The average molecular weight is 330 g/mol. The van der Waals surface area contributed by atoms with Gasteiger partial charge in [0.15, 0.2) is 0 Å². The van der Waals surface area contributed by atoms with Crippen LogP contribution in [0.25, 0.3) is 0 Å². The first-order valence-corrected chi connectivity index (χ1v) is 8.07. The van der Waals surface area contributed by atoms with Gasteiger partial charge in [0.25, 0.3) is 5.91 Å². The van der Waals surface area contributed by atoms with E-state index in [1.807, 2.05) is 4.68 Å². The summed E-state index contributed by atoms with van der Waals surface area (Å²) in [6, 6.07) is 3.27. The molecule has 24 heavy (non-hydrogen) atoms. The first-order valence-electron chi connectivity index (χ1n) is 8.07. The lowest BCUT2D eigenvalue weighted by Crippen LogP contribution is -2.31. The first kappa shape index (κ1) is 16.4. The normalized spacial score (nSPS) is 16.5. The number of pyridine rings is 1. The predicted molar refractivity (Wildman–Crippen MR) is 88.0 cm³/mol. The zero-order valence-corrected chi connectivity index (χ0v) is 14.0. The molecule has 128 valence electrons. The summed E-state index contributed by atoms with van der Waals surface area (Å²) in [4.78, 5) is 16.6. The predicted octanol–water partition coefficient (Wildman–Crippen LogP) is 1.74. The third-order valence-electron chi connectivity index (χ3n) is 4.17. The Morgan fingerprint density at radius 3 is 3.12 bits per heavy atom. The van der Waals surface area contributed by atoms with E-state index in [0.717, 1.165) is 25.0 Å². The van der Waals surface area contributed by atoms with Crippen LogP contribution in [0, 0.1) is 0 Å². The molecule has 0 saturated carbocycles. The monoisotopic (exact) mass is 330 g/mol. The number of hydrogen-bond acceptors (Lipinski definition) is 5. The van der Waals surface area contributed by atoms with E-state index in [0.29, 0.717) is 24.6 Å². The number of nitrogens with zero attached hydrogens (tertiary/aromatic N) is 3. The van der Waals surface area contributed by atoms with Crippen molar-refractivity contribution in [2.24, 2.45) is 0 Å². The van der Waals surface area contributed by atoms with Gasteiger partial charge >= 0.3 is 0 Å². The van der Waals surface area contributed by atoms with Gasteiger partial charge in [-0.25, -0.2) is 0 Å². The molecule has 1 atom stereocenters. The Hall–Kier alpha value is -2.41. The highest BCUT2D eigenvalue weighted by Gasteiger charge is 2.26. The molecular weight excluding hydrogens is 308 g/mol. The lowest BCUT2D eigenvalue weighted by atomic mass is 9.93. The number of carbonyl (C=O) groups excluding carboxylic acids is 1. The van der Waals surface area contributed by atoms with Crippen LogP contribution in [0.3, 0.4) is 0 Å². The second-order valence-corrected chi connectivity index (χ2v) is 5.79. The van der Waals surface area contributed by atoms with E-state index in [-0.39, 0.29) is 11.9 Å². The van der Waals surface area contributed by atoms with Gasteiger partial charge in [-0.15, -0.1) is 0 Å². The molecule has 1 aliphatic carbocycles. The molecule has 0 fully saturated rings. The number of aryl methyl sites for hydroxylation is 1. The second-order valence-electron chi connectivity index (χ2n) is 5.79. The highest BCUT2D eigenvalue weighted by atomic mass is 16.5. The summed E-state index contributed by atoms with van der Waals surface area (Å²) in [6.07, 6.45) is 6.52. The molecule has 1 N–H and O–H groups in total. The molecule has 0 bridgehead atoms. The van der Waals surface area contributed by atoms with Gasteiger partial charge in [0, 0.05) is 25.6 Å². The van der Waals surface area contributed by atoms with E-state index in [4.69, 9.17) is 9.47 Å². The molecule has 2 aromatic heterocycles. The highest BCUT2D eigenvalue weighted by molar-refractivity contribution is 5.92. The van der Waals surface area contributed by atoms with Crippen LogP contribution in [0.15, 0.2) is 24.5 Å². The third-order valence-corrected chi connectivity index (χ3v) is 4.17. The fourth-order valence-corrected chi connectivity index (χ4v) is 2.93. The Kier molecular flexibility index (Phi) is 5.10. The Balaban J connectivity index is 1.74. The van der Waals surface area contributed by atoms with Gasteiger partial charge in [0.2, 0.25) is 0 Å². The molecule has 3 rings (SSSR count). The van der Waals surface area contributed by atoms with Gasteiger partial charge in [-0.05, 0) is 30.9 Å². The Morgan fingerprint density at radius 2 is 2.33 bits per heavy atom. The summed E-state index contributed by atoms with van der Waals surface area (Å²) >= 11 is 0. The maximum Gasteiger partial charge on any atom is 0.270 e. The van der Waals surface area contributed by atoms with E-state index in [2.05, 4.69) is 21.6 Å². The van der Waals surface area contributed by atoms with E-state index in [9.17, 15) is 4.79 Å². The first-order chi connectivity index (χ1) is 11.7. The minimum absolute atomic E-state index is 0.0851. The number of fused-ring (bicyclic) bond motifs is 1. The number of methoxy groups -OCH3 is 2. The Morgan fingerprint density at radius 1 is 1.46 bits per heavy atom. The molecular formula is C17H22N4O3. The van der Waals surface area contributed by atoms with Crippen LogP contribution in [-0.2, 0) is 17.7 Å². The maximum absolute atomic E-state index is 12.5. The number of nitrogens with one attached hydrogen (secondary N) is 1. The summed E-state index contributed by atoms with van der Waals surface area (Å²) in [5.41, 5.74) is 2.50. The van der Waals surface area contributed by atoms with Crippen LogP contribution in [0.5, 0.6) is 5.75 Å². The van der Waals surface area contributed by atoms with Crippen molar-refractivity contribution in [2.45, 2.75) is 31.8 Å². The topological polar surface area (TPSA) is 78.3 Å². The van der Waals surface area contributed by atoms with Crippen LogP contribution >= 0.6 is 0 Å². The lowest BCUT2D eigenvalue weighted by molar-refractivity contribution is 0.0926. The van der Waals surface area contributed by atoms with Gasteiger partial charge in [-0.2, -0.15) is 5.10 Å². The van der Waals surface area contributed by atoms with Gasteiger partial charge < -0.3 is 14.8 Å². The largest absolute Gasteiger partial charge is 0.497 e. The number of aromatic nitrogens is 3. The molecule has 0 radical (unpaired) electrons. The van der Waals surface area contributed by atoms with Crippen LogP contribution in [-0.4, -0.2) is 41.5 Å². The van der Waals surface area contributed by atoms with Crippen molar-refractivity contribution in [1.29, 1.82) is 0 Å². The van der Waals surface area contributed by atoms with Crippen molar-refractivity contribution >= 4 is 5.91 Å². The molecule has 2 heterocycles. The minimum atomic E-state index is -0.210. The van der Waals surface area contributed by atoms with Gasteiger partial charge in [0.1, 0.15) is 11.4 Å². The summed E-state index contributed by atoms with van der Waals surface area (Å²) in [5.74, 6) is 0.404. The van der Waals surface area contributed by atoms with Gasteiger partial charge in [0.05, 0.1) is 32.0 Å². The standard InChI is InChI=1S/C17H22N4O3/c1-23-9-8-21-11-12-4-3-5-14(16(12)20-21)19-17(22)15-10-13(24-2)6-7-18-15/h6-7,10-11,14H,3-5,8-9H2,1-2H3,(H,19,22)/t14-/m0/s1. The van der Waals surface area contributed by atoms with Crippen LogP contribution < -0.4 is 10.1 Å². The van der Waals surface area contributed by atoms with Crippen molar-refractivity contribution in [1.82, 2.24) is 20.1 Å². The van der Waals surface area contributed by atoms with Crippen LogP contribution in [0.4, 0.5) is 0 Å². The van der Waals surface area contributed by atoms with Crippen LogP contribution in [0.2, 0.25) is 0 Å². The minimum Gasteiger partial charge on any atom is -0.497 e. The quantitative estimate of drug-likeness (QED) is 0.873. The summed E-state index contributed by atoms with van der Waals surface area (Å²) in [7, 11) is 3.24. The molecule has 1 amide bonds. The second kappa shape index (κ2) is 7.44. The van der Waals surface area contributed by atoms with E-state index in [1.165, 1.54) is 5.56 Å². The number of hydrogen-bond donors (Lipinski definition) is 1. The molecule has 7 nitrogen and oxygen atoms in total. The fourth-order valence-electron chi connectivity index (χ4n) is 2.93. The zero-order valence-electron chi connectivity index (χ0n) is 14.0. The SMILES string of the molecule is COCCn1cc2c(n1)[C@@H](NC(=O)c1cc(OC)ccn1)CCC2. The van der Waals surface area contributed by atoms with Crippen molar-refractivity contribution in [2.75, 3.05) is 20.8 Å². The Labute approximate surface area is 141 Å². The number of amides is 1. The average Bonchev–Trinajstić information content (AvgIpc) is 3.04. The summed E-state index contributed by atoms with van der Waals surface area (Å²) in [6.45, 7) is 1.33. The van der Waals surface area contributed by atoms with Crippen molar-refractivity contribution in [3.8, 4) is 5.75 Å². The molecule has 0 saturated heterocycles. The zero-order chi connectivity index (χ0) is 16.9. The van der Waals surface area contributed by atoms with Crippen molar-refractivity contribution in [3.63, 3.8) is 0 Å². The number of rotatable bonds is 6. The van der Waals surface area contributed by atoms with E-state index < -0.39 is 0 Å². The fraction of sp³-hybridized carbons (Fsp3) is 0.471. The lowest BCUT2D eigenvalue weighted by Gasteiger charge is -2.22. The van der Waals surface area contributed by atoms with Gasteiger partial charge in [-0.1, -0.05) is 0 Å². The molecule has 0 aliphatic heterocycles. The number of carbonyl (C=O) groups is 1. The van der Waals surface area contributed by atoms with Crippen molar-refractivity contribution in [3.05, 3.63) is 41.5 Å². The molecule has 7 heteroatoms. The van der Waals surface area contributed by atoms with E-state index >= 15 is 0 Å². The van der Waals surface area contributed by atoms with Crippen molar-refractivity contribution < 1.29 is 14.3 Å². The Bertz CT molecular complexity index is 714. The molecule has 1 aliphatic rings. The van der Waals surface area contributed by atoms with Gasteiger partial charge in [-0.3, -0.25) is 14.5 Å². The number of ether oxygens (including phenoxy) is 2. The molecule has 2 aromatic rings. The highest BCUT2D eigenvalue weighted by Crippen LogP contribution is 2.28. The third kappa shape index (κ3) is 3.56.